The Labute approximate surface area is 135 Å². The third-order valence-electron chi connectivity index (χ3n) is 3.06. The van der Waals surface area contributed by atoms with Crippen LogP contribution in [0.5, 0.6) is 11.5 Å². The smallest absolute Gasteiger partial charge is 0.243 e. The van der Waals surface area contributed by atoms with Crippen LogP contribution in [0.15, 0.2) is 61.2 Å². The van der Waals surface area contributed by atoms with E-state index in [-0.39, 0.29) is 12.5 Å². The first-order chi connectivity index (χ1) is 11.2. The number of carbonyl (C=O) groups is 1. The Morgan fingerprint density at radius 3 is 2.43 bits per heavy atom. The Bertz CT molecular complexity index is 671. The fourth-order valence-corrected chi connectivity index (χ4v) is 2.01. The van der Waals surface area contributed by atoms with Gasteiger partial charge in [0.2, 0.25) is 5.91 Å². The molecule has 0 unspecified atom stereocenters. The average molecular weight is 312 g/mol. The number of hydrogen-bond donors (Lipinski definition) is 2. The second-order valence-corrected chi connectivity index (χ2v) is 4.70. The van der Waals surface area contributed by atoms with Crippen LogP contribution in [0.2, 0.25) is 0 Å². The number of rotatable bonds is 8. The van der Waals surface area contributed by atoms with Gasteiger partial charge in [0.15, 0.2) is 0 Å². The standard InChI is InChI=1S/C18H20N2O3/c1-3-12-23-17-11-7-5-9-15(17)20-18(21)13-19-14-8-4-6-10-16(14)22-2/h3-11,19H,1,12-13H2,2H3,(H,20,21). The Kier molecular flexibility index (Phi) is 6.06. The number of ether oxygens (including phenoxy) is 2. The minimum atomic E-state index is -0.175. The van der Waals surface area contributed by atoms with Crippen LogP contribution in [-0.4, -0.2) is 26.2 Å². The summed E-state index contributed by atoms with van der Waals surface area (Å²) in [6.45, 7) is 4.11. The van der Waals surface area contributed by atoms with Crippen molar-refractivity contribution in [1.82, 2.24) is 0 Å². The molecule has 0 aliphatic heterocycles. The lowest BCUT2D eigenvalue weighted by molar-refractivity contribution is -0.114. The zero-order chi connectivity index (χ0) is 16.5. The molecule has 5 heteroatoms. The first kappa shape index (κ1) is 16.4. The van der Waals surface area contributed by atoms with Crippen LogP contribution in [0.1, 0.15) is 0 Å². The van der Waals surface area contributed by atoms with Crippen molar-refractivity contribution in [2.24, 2.45) is 0 Å². The Morgan fingerprint density at radius 2 is 1.74 bits per heavy atom. The third kappa shape index (κ3) is 4.78. The summed E-state index contributed by atoms with van der Waals surface area (Å²) in [6.07, 6.45) is 1.65. The van der Waals surface area contributed by atoms with E-state index >= 15 is 0 Å². The summed E-state index contributed by atoms with van der Waals surface area (Å²) in [5.41, 5.74) is 1.39. The predicted octanol–water partition coefficient (Wildman–Crippen LogP) is 3.31. The maximum Gasteiger partial charge on any atom is 0.243 e. The second-order valence-electron chi connectivity index (χ2n) is 4.70. The quantitative estimate of drug-likeness (QED) is 0.734. The van der Waals surface area contributed by atoms with Gasteiger partial charge in [0.05, 0.1) is 25.0 Å². The fourth-order valence-electron chi connectivity index (χ4n) is 2.01. The molecule has 0 atom stereocenters. The topological polar surface area (TPSA) is 59.6 Å². The van der Waals surface area contributed by atoms with Crippen molar-refractivity contribution in [2.45, 2.75) is 0 Å². The lowest BCUT2D eigenvalue weighted by atomic mass is 10.2. The zero-order valence-corrected chi connectivity index (χ0v) is 13.0. The summed E-state index contributed by atoms with van der Waals surface area (Å²) < 4.78 is 10.7. The van der Waals surface area contributed by atoms with E-state index in [0.717, 1.165) is 5.69 Å². The molecule has 5 nitrogen and oxygen atoms in total. The highest BCUT2D eigenvalue weighted by Crippen LogP contribution is 2.24. The predicted molar refractivity (Wildman–Crippen MR) is 92.2 cm³/mol. The highest BCUT2D eigenvalue weighted by molar-refractivity contribution is 5.95. The molecule has 0 bridgehead atoms. The average Bonchev–Trinajstić information content (AvgIpc) is 2.59. The molecule has 1 amide bonds. The maximum absolute atomic E-state index is 12.1. The number of nitrogens with one attached hydrogen (secondary N) is 2. The van der Waals surface area contributed by atoms with Crippen molar-refractivity contribution in [3.63, 3.8) is 0 Å². The number of para-hydroxylation sites is 4. The van der Waals surface area contributed by atoms with Crippen molar-refractivity contribution in [2.75, 3.05) is 30.9 Å². The largest absolute Gasteiger partial charge is 0.495 e. The molecule has 0 radical (unpaired) electrons. The Balaban J connectivity index is 1.96. The molecule has 2 aromatic carbocycles. The molecule has 0 saturated carbocycles. The number of methoxy groups -OCH3 is 1. The van der Waals surface area contributed by atoms with Crippen LogP contribution >= 0.6 is 0 Å². The van der Waals surface area contributed by atoms with Gasteiger partial charge in [-0.3, -0.25) is 4.79 Å². The van der Waals surface area contributed by atoms with Crippen LogP contribution < -0.4 is 20.1 Å². The Morgan fingerprint density at radius 1 is 1.09 bits per heavy atom. The number of anilines is 2. The normalized spacial score (nSPS) is 9.78. The maximum atomic E-state index is 12.1. The summed E-state index contributed by atoms with van der Waals surface area (Å²) in [5, 5.41) is 5.88. The van der Waals surface area contributed by atoms with Gasteiger partial charge in [0, 0.05) is 0 Å². The molecule has 0 saturated heterocycles. The Hall–Kier alpha value is -2.95. The van der Waals surface area contributed by atoms with Gasteiger partial charge in [-0.15, -0.1) is 0 Å². The highest BCUT2D eigenvalue weighted by atomic mass is 16.5. The minimum absolute atomic E-state index is 0.121. The molecule has 2 aromatic rings. The zero-order valence-electron chi connectivity index (χ0n) is 13.0. The minimum Gasteiger partial charge on any atom is -0.495 e. The van der Waals surface area contributed by atoms with E-state index in [4.69, 9.17) is 9.47 Å². The van der Waals surface area contributed by atoms with E-state index in [1.807, 2.05) is 36.4 Å². The SMILES string of the molecule is C=CCOc1ccccc1NC(=O)CNc1ccccc1OC. The summed E-state index contributed by atoms with van der Waals surface area (Å²) in [7, 11) is 1.59. The van der Waals surface area contributed by atoms with E-state index in [2.05, 4.69) is 17.2 Å². The van der Waals surface area contributed by atoms with Gasteiger partial charge in [-0.2, -0.15) is 0 Å². The van der Waals surface area contributed by atoms with Gasteiger partial charge in [0.25, 0.3) is 0 Å². The summed E-state index contributed by atoms with van der Waals surface area (Å²) in [5.74, 6) is 1.12. The first-order valence-electron chi connectivity index (χ1n) is 7.24. The third-order valence-corrected chi connectivity index (χ3v) is 3.06. The van der Waals surface area contributed by atoms with Crippen molar-refractivity contribution < 1.29 is 14.3 Å². The second kappa shape index (κ2) is 8.48. The number of carbonyl (C=O) groups excluding carboxylic acids is 1. The highest BCUT2D eigenvalue weighted by Gasteiger charge is 2.08. The van der Waals surface area contributed by atoms with Gasteiger partial charge in [-0.1, -0.05) is 36.9 Å². The summed E-state index contributed by atoms with van der Waals surface area (Å²) in [4.78, 5) is 12.1. The van der Waals surface area contributed by atoms with Crippen LogP contribution in [0, 0.1) is 0 Å². The van der Waals surface area contributed by atoms with E-state index in [9.17, 15) is 4.79 Å². The lowest BCUT2D eigenvalue weighted by Gasteiger charge is -2.13. The molecule has 0 aromatic heterocycles. The van der Waals surface area contributed by atoms with Crippen molar-refractivity contribution in [3.05, 3.63) is 61.2 Å². The van der Waals surface area contributed by atoms with Crippen molar-refractivity contribution >= 4 is 17.3 Å². The molecule has 120 valence electrons. The fraction of sp³-hybridized carbons (Fsp3) is 0.167. The molecule has 2 rings (SSSR count). The van der Waals surface area contributed by atoms with Crippen LogP contribution in [0.3, 0.4) is 0 Å². The summed E-state index contributed by atoms with van der Waals surface area (Å²) >= 11 is 0. The molecular weight excluding hydrogens is 292 g/mol. The lowest BCUT2D eigenvalue weighted by Crippen LogP contribution is -2.22. The molecule has 0 spiro atoms. The van der Waals surface area contributed by atoms with E-state index in [1.165, 1.54) is 0 Å². The molecular formula is C18H20N2O3. The molecule has 0 aliphatic carbocycles. The van der Waals surface area contributed by atoms with Crippen LogP contribution in [0.4, 0.5) is 11.4 Å². The van der Waals surface area contributed by atoms with Crippen LogP contribution in [-0.2, 0) is 4.79 Å². The molecule has 0 heterocycles. The van der Waals surface area contributed by atoms with Gasteiger partial charge in [0.1, 0.15) is 18.1 Å². The van der Waals surface area contributed by atoms with E-state index < -0.39 is 0 Å². The van der Waals surface area contributed by atoms with Gasteiger partial charge >= 0.3 is 0 Å². The first-order valence-corrected chi connectivity index (χ1v) is 7.24. The summed E-state index contributed by atoms with van der Waals surface area (Å²) in [6, 6.07) is 14.7. The van der Waals surface area contributed by atoms with E-state index in [0.29, 0.717) is 23.8 Å². The number of benzene rings is 2. The molecule has 0 aliphatic rings. The van der Waals surface area contributed by atoms with Gasteiger partial charge in [-0.25, -0.2) is 0 Å². The van der Waals surface area contributed by atoms with Gasteiger partial charge < -0.3 is 20.1 Å². The molecule has 2 N–H and O–H groups in total. The van der Waals surface area contributed by atoms with Crippen LogP contribution in [0.25, 0.3) is 0 Å². The monoisotopic (exact) mass is 312 g/mol. The van der Waals surface area contributed by atoms with Crippen molar-refractivity contribution in [3.8, 4) is 11.5 Å². The van der Waals surface area contributed by atoms with Crippen molar-refractivity contribution in [1.29, 1.82) is 0 Å². The molecule has 23 heavy (non-hydrogen) atoms. The van der Waals surface area contributed by atoms with Gasteiger partial charge in [-0.05, 0) is 24.3 Å². The van der Waals surface area contributed by atoms with E-state index in [1.54, 1.807) is 25.3 Å². The number of amides is 1. The molecule has 0 fully saturated rings. The number of hydrogen-bond acceptors (Lipinski definition) is 4.